The van der Waals surface area contributed by atoms with Gasteiger partial charge in [-0.25, -0.2) is 4.79 Å². The predicted molar refractivity (Wildman–Crippen MR) is 45.0 cm³/mol. The van der Waals surface area contributed by atoms with Crippen LogP contribution in [-0.2, 0) is 14.3 Å². The summed E-state index contributed by atoms with van der Waals surface area (Å²) in [5.74, 6) is 0. The van der Waals surface area contributed by atoms with Gasteiger partial charge < -0.3 is 5.73 Å². The van der Waals surface area contributed by atoms with Gasteiger partial charge in [0.15, 0.2) is 0 Å². The molecule has 0 atom stereocenters. The van der Waals surface area contributed by atoms with E-state index in [0.717, 1.165) is 13.4 Å². The Kier molecular flexibility index (Phi) is 6.95. The minimum atomic E-state index is -3.16. The van der Waals surface area contributed by atoms with Crippen LogP contribution < -0.4 is 5.73 Å². The van der Waals surface area contributed by atoms with Crippen LogP contribution in [0.4, 0.5) is 4.79 Å². The summed E-state index contributed by atoms with van der Waals surface area (Å²) in [4.78, 5) is 19.1. The third kappa shape index (κ3) is 13.7. The molecule has 0 saturated carbocycles. The van der Waals surface area contributed by atoms with E-state index in [-0.39, 0.29) is 0 Å². The van der Waals surface area contributed by atoms with Crippen LogP contribution in [0.3, 0.4) is 0 Å². The van der Waals surface area contributed by atoms with Crippen LogP contribution in [0.5, 0.6) is 0 Å². The number of nitrogens with zero attached hydrogens (tertiary/aromatic N) is 2. The molecule has 9 heteroatoms. The summed E-state index contributed by atoms with van der Waals surface area (Å²) in [5, 5.41) is 2.70. The van der Waals surface area contributed by atoms with Gasteiger partial charge in [0.1, 0.15) is 0 Å². The Hall–Kier alpha value is -1.22. The van der Waals surface area contributed by atoms with Gasteiger partial charge in [-0.3, -0.25) is 4.18 Å². The van der Waals surface area contributed by atoms with E-state index in [9.17, 15) is 18.1 Å². The van der Waals surface area contributed by atoms with Crippen LogP contribution in [0.15, 0.2) is 5.29 Å². The number of rotatable bonds is 2. The summed E-state index contributed by atoms with van der Waals surface area (Å²) in [6.07, 6.45) is 0.993. The summed E-state index contributed by atoms with van der Waals surface area (Å²) in [5.41, 5.74) is 4.54. The van der Waals surface area contributed by atoms with E-state index < -0.39 is 16.1 Å². The van der Waals surface area contributed by atoms with Crippen molar-refractivity contribution < 1.29 is 17.4 Å². The molecule has 0 aromatic heterocycles. The molecule has 0 unspecified atom stereocenters. The fourth-order valence-corrected chi connectivity index (χ4v) is 0.0402. The first-order chi connectivity index (χ1) is 5.74. The highest BCUT2D eigenvalue weighted by molar-refractivity contribution is 7.85. The lowest BCUT2D eigenvalue weighted by molar-refractivity contribution is 0.220. The Bertz CT molecular complexity index is 261. The number of primary amides is 1. The standard InChI is InChI=1S/C2H5N3O2.C2H6O3S/c1-5(4-7)2(3)6;1-5-6(2,3)4/h1H3,(H2,3,6);1-2H3. The third-order valence-corrected chi connectivity index (χ3v) is 1.35. The molecule has 78 valence electrons. The van der Waals surface area contributed by atoms with Crippen molar-refractivity contribution in [2.75, 3.05) is 20.4 Å². The van der Waals surface area contributed by atoms with Crippen molar-refractivity contribution in [3.8, 4) is 0 Å². The van der Waals surface area contributed by atoms with Crippen molar-refractivity contribution in [1.29, 1.82) is 0 Å². The molecule has 0 rings (SSSR count). The molecule has 0 spiro atoms. The summed E-state index contributed by atoms with van der Waals surface area (Å²) in [7, 11) is -0.866. The minimum absolute atomic E-state index is 0.500. The highest BCUT2D eigenvalue weighted by Gasteiger charge is 1.97. The van der Waals surface area contributed by atoms with Gasteiger partial charge in [0.2, 0.25) is 0 Å². The zero-order valence-electron chi connectivity index (χ0n) is 7.42. The minimum Gasteiger partial charge on any atom is -0.350 e. The number of hydrogen-bond donors (Lipinski definition) is 1. The SMILES string of the molecule is CN(N=O)C(N)=O.COS(C)(=O)=O. The van der Waals surface area contributed by atoms with Crippen molar-refractivity contribution in [3.05, 3.63) is 4.91 Å². The van der Waals surface area contributed by atoms with Crippen LogP contribution in [0.1, 0.15) is 0 Å². The van der Waals surface area contributed by atoms with E-state index in [1.54, 1.807) is 0 Å². The van der Waals surface area contributed by atoms with Crippen LogP contribution in [0, 0.1) is 4.91 Å². The molecular weight excluding hydrogens is 202 g/mol. The van der Waals surface area contributed by atoms with Crippen molar-refractivity contribution in [2.45, 2.75) is 0 Å². The van der Waals surface area contributed by atoms with Gasteiger partial charge in [0, 0.05) is 7.05 Å². The maximum Gasteiger partial charge on any atom is 0.337 e. The lowest BCUT2D eigenvalue weighted by atomic mass is 11.0. The second kappa shape index (κ2) is 6.31. The molecule has 8 nitrogen and oxygen atoms in total. The zero-order valence-corrected chi connectivity index (χ0v) is 8.24. The van der Waals surface area contributed by atoms with Crippen LogP contribution in [0.2, 0.25) is 0 Å². The summed E-state index contributed by atoms with van der Waals surface area (Å²) in [6, 6.07) is -0.852. The lowest BCUT2D eigenvalue weighted by Crippen LogP contribution is -2.26. The van der Waals surface area contributed by atoms with Crippen molar-refractivity contribution in [1.82, 2.24) is 5.01 Å². The van der Waals surface area contributed by atoms with Gasteiger partial charge in [-0.2, -0.15) is 13.4 Å². The largest absolute Gasteiger partial charge is 0.350 e. The normalized spacial score (nSPS) is 9.46. The van der Waals surface area contributed by atoms with E-state index in [1.807, 2.05) is 0 Å². The van der Waals surface area contributed by atoms with Crippen LogP contribution in [-0.4, -0.2) is 39.9 Å². The first-order valence-corrected chi connectivity index (χ1v) is 4.68. The van der Waals surface area contributed by atoms with E-state index in [0.29, 0.717) is 5.01 Å². The number of carbonyl (C=O) groups is 1. The molecule has 0 bridgehead atoms. The Labute approximate surface area is 75.7 Å². The Morgan fingerprint density at radius 1 is 1.54 bits per heavy atom. The summed E-state index contributed by atoms with van der Waals surface area (Å²) in [6.45, 7) is 0. The lowest BCUT2D eigenvalue weighted by Gasteiger charge is -1.97. The monoisotopic (exact) mass is 213 g/mol. The van der Waals surface area contributed by atoms with Gasteiger partial charge >= 0.3 is 6.03 Å². The average Bonchev–Trinajstić information content (AvgIpc) is 2.02. The first-order valence-electron chi connectivity index (χ1n) is 2.86. The van der Waals surface area contributed by atoms with Gasteiger partial charge in [-0.05, 0) is 0 Å². The third-order valence-electron chi connectivity index (χ3n) is 0.744. The van der Waals surface area contributed by atoms with Crippen molar-refractivity contribution in [2.24, 2.45) is 11.0 Å². The number of nitrogens with two attached hydrogens (primary N) is 1. The summed E-state index contributed by atoms with van der Waals surface area (Å²) >= 11 is 0. The van der Waals surface area contributed by atoms with E-state index in [1.165, 1.54) is 7.05 Å². The quantitative estimate of drug-likeness (QED) is 0.368. The molecule has 0 aliphatic carbocycles. The average molecular weight is 213 g/mol. The van der Waals surface area contributed by atoms with Crippen molar-refractivity contribution >= 4 is 16.1 Å². The van der Waals surface area contributed by atoms with E-state index in [2.05, 4.69) is 15.2 Å². The molecule has 0 heterocycles. The van der Waals surface area contributed by atoms with Gasteiger partial charge in [-0.15, -0.1) is 4.91 Å². The Morgan fingerprint density at radius 2 is 1.85 bits per heavy atom. The second-order valence-corrected chi connectivity index (χ2v) is 3.56. The van der Waals surface area contributed by atoms with E-state index in [4.69, 9.17) is 0 Å². The topological polar surface area (TPSA) is 119 Å². The summed E-state index contributed by atoms with van der Waals surface area (Å²) < 4.78 is 23.5. The number of carbonyl (C=O) groups excluding carboxylic acids is 1. The smallest absolute Gasteiger partial charge is 0.337 e. The van der Waals surface area contributed by atoms with Crippen LogP contribution >= 0.6 is 0 Å². The molecule has 0 aliphatic rings. The van der Waals surface area contributed by atoms with Gasteiger partial charge in [0.25, 0.3) is 10.1 Å². The Balaban J connectivity index is 0. The first kappa shape index (κ1) is 14.3. The molecule has 0 aromatic rings. The highest BCUT2D eigenvalue weighted by atomic mass is 32.2. The molecule has 2 N–H and O–H groups in total. The molecule has 0 aliphatic heterocycles. The van der Waals surface area contributed by atoms with Gasteiger partial charge in [0.05, 0.1) is 18.7 Å². The molecule has 13 heavy (non-hydrogen) atoms. The molecule has 2 amide bonds. The number of nitroso groups, excluding NO2 is 1. The second-order valence-electron chi connectivity index (χ2n) is 1.81. The number of urea groups is 1. The number of hydrogen-bond acceptors (Lipinski definition) is 6. The predicted octanol–water partition coefficient (Wildman–Crippen LogP) is -0.729. The Morgan fingerprint density at radius 3 is 1.85 bits per heavy atom. The van der Waals surface area contributed by atoms with Crippen LogP contribution in [0.25, 0.3) is 0 Å². The molecule has 0 aromatic carbocycles. The fraction of sp³-hybridized carbons (Fsp3) is 0.750. The van der Waals surface area contributed by atoms with Gasteiger partial charge in [-0.1, -0.05) is 0 Å². The molecular formula is C4H11N3O5S. The maximum atomic E-state index is 9.78. The fourth-order valence-electron chi connectivity index (χ4n) is 0.0402. The highest BCUT2D eigenvalue weighted by Crippen LogP contribution is 1.76. The molecule has 0 fully saturated rings. The maximum absolute atomic E-state index is 9.78. The molecule has 0 saturated heterocycles. The molecule has 0 radical (unpaired) electrons. The van der Waals surface area contributed by atoms with Crippen molar-refractivity contribution in [3.63, 3.8) is 0 Å². The van der Waals surface area contributed by atoms with E-state index >= 15 is 0 Å². The number of amides is 2. The zero-order chi connectivity index (χ0) is 11.1.